The van der Waals surface area contributed by atoms with E-state index in [1.165, 1.54) is 79.1 Å². The van der Waals surface area contributed by atoms with E-state index in [1.807, 2.05) is 22.7 Å². The van der Waals surface area contributed by atoms with Crippen molar-refractivity contribution in [2.75, 3.05) is 4.90 Å². The van der Waals surface area contributed by atoms with Gasteiger partial charge in [0.15, 0.2) is 0 Å². The average molecular weight is 660 g/mol. The molecule has 10 aromatic rings. The van der Waals surface area contributed by atoms with Gasteiger partial charge in [0.2, 0.25) is 0 Å². The van der Waals surface area contributed by atoms with Gasteiger partial charge in [-0.25, -0.2) is 0 Å². The molecular formula is C46H29NS2. The highest BCUT2D eigenvalue weighted by atomic mass is 32.1. The second kappa shape index (κ2) is 11.5. The number of thiophene rings is 2. The molecule has 2 aromatic heterocycles. The van der Waals surface area contributed by atoms with E-state index < -0.39 is 0 Å². The fourth-order valence-corrected chi connectivity index (χ4v) is 9.61. The molecule has 0 saturated carbocycles. The molecule has 8 aromatic carbocycles. The van der Waals surface area contributed by atoms with Gasteiger partial charge in [-0.3, -0.25) is 0 Å². The maximum absolute atomic E-state index is 2.41. The summed E-state index contributed by atoms with van der Waals surface area (Å²) in [6.45, 7) is 0. The third kappa shape index (κ3) is 4.74. The standard InChI is InChI=1S/C46H29NS2/c1-2-9-30(10-3-1)31-17-23-35(24-18-31)47(41-15-8-14-39-38-13-6-7-16-42(38)49-46(39)41)36-25-19-32(20-26-36)34-22-27-43-40(29-34)45-37-12-5-4-11-33(37)21-28-44(45)48-43/h1-29H. The molecule has 0 spiro atoms. The van der Waals surface area contributed by atoms with Gasteiger partial charge >= 0.3 is 0 Å². The maximum Gasteiger partial charge on any atom is 0.0640 e. The summed E-state index contributed by atoms with van der Waals surface area (Å²) in [6.07, 6.45) is 0. The third-order valence-electron chi connectivity index (χ3n) is 9.68. The van der Waals surface area contributed by atoms with E-state index in [2.05, 4.69) is 181 Å². The number of fused-ring (bicyclic) bond motifs is 8. The Balaban J connectivity index is 1.10. The van der Waals surface area contributed by atoms with Crippen LogP contribution in [0.25, 0.3) is 73.4 Å². The van der Waals surface area contributed by atoms with Crippen LogP contribution in [0.1, 0.15) is 0 Å². The van der Waals surface area contributed by atoms with Crippen molar-refractivity contribution in [3.8, 4) is 22.3 Å². The van der Waals surface area contributed by atoms with Crippen molar-refractivity contribution in [2.45, 2.75) is 0 Å². The van der Waals surface area contributed by atoms with E-state index >= 15 is 0 Å². The fraction of sp³-hybridized carbons (Fsp3) is 0. The Labute approximate surface area is 292 Å². The van der Waals surface area contributed by atoms with E-state index in [9.17, 15) is 0 Å². The molecule has 1 nitrogen and oxygen atoms in total. The molecule has 0 aliphatic heterocycles. The van der Waals surface area contributed by atoms with E-state index in [0.29, 0.717) is 0 Å². The zero-order chi connectivity index (χ0) is 32.3. The van der Waals surface area contributed by atoms with Crippen molar-refractivity contribution >= 4 is 90.9 Å². The third-order valence-corrected chi connectivity index (χ3v) is 12.0. The zero-order valence-corrected chi connectivity index (χ0v) is 28.1. The van der Waals surface area contributed by atoms with Crippen molar-refractivity contribution in [3.63, 3.8) is 0 Å². The van der Waals surface area contributed by atoms with Gasteiger partial charge in [0.05, 0.1) is 10.4 Å². The van der Waals surface area contributed by atoms with Gasteiger partial charge in [-0.2, -0.15) is 0 Å². The number of hydrogen-bond acceptors (Lipinski definition) is 3. The molecule has 49 heavy (non-hydrogen) atoms. The summed E-state index contributed by atoms with van der Waals surface area (Å²) >= 11 is 3.75. The predicted molar refractivity (Wildman–Crippen MR) is 215 cm³/mol. The number of benzene rings is 8. The number of nitrogens with zero attached hydrogens (tertiary/aromatic N) is 1. The normalized spacial score (nSPS) is 11.7. The average Bonchev–Trinajstić information content (AvgIpc) is 3.75. The molecule has 230 valence electrons. The van der Waals surface area contributed by atoms with Crippen LogP contribution in [-0.4, -0.2) is 0 Å². The van der Waals surface area contributed by atoms with Crippen LogP contribution in [0, 0.1) is 0 Å². The Morgan fingerprint density at radius 2 is 0.939 bits per heavy atom. The monoisotopic (exact) mass is 659 g/mol. The zero-order valence-electron chi connectivity index (χ0n) is 26.5. The van der Waals surface area contributed by atoms with Gasteiger partial charge in [-0.1, -0.05) is 121 Å². The fourth-order valence-electron chi connectivity index (χ4n) is 7.30. The van der Waals surface area contributed by atoms with Crippen LogP contribution in [0.4, 0.5) is 17.1 Å². The molecule has 10 rings (SSSR count). The molecule has 0 fully saturated rings. The van der Waals surface area contributed by atoms with Crippen molar-refractivity contribution in [2.24, 2.45) is 0 Å². The van der Waals surface area contributed by atoms with E-state index in [-0.39, 0.29) is 0 Å². The number of anilines is 3. The number of hydrogen-bond donors (Lipinski definition) is 0. The molecule has 0 aliphatic rings. The minimum Gasteiger partial charge on any atom is -0.309 e. The Morgan fingerprint density at radius 1 is 0.347 bits per heavy atom. The van der Waals surface area contributed by atoms with E-state index in [0.717, 1.165) is 11.4 Å². The van der Waals surface area contributed by atoms with Gasteiger partial charge in [0.25, 0.3) is 0 Å². The van der Waals surface area contributed by atoms with Crippen molar-refractivity contribution < 1.29 is 0 Å². The number of rotatable bonds is 5. The van der Waals surface area contributed by atoms with Gasteiger partial charge in [-0.05, 0) is 87.6 Å². The highest BCUT2D eigenvalue weighted by molar-refractivity contribution is 7.26. The summed E-state index contributed by atoms with van der Waals surface area (Å²) in [5, 5.41) is 7.90. The lowest BCUT2D eigenvalue weighted by Crippen LogP contribution is -2.10. The molecular weight excluding hydrogens is 631 g/mol. The van der Waals surface area contributed by atoms with E-state index in [4.69, 9.17) is 0 Å². The van der Waals surface area contributed by atoms with Crippen LogP contribution in [0.5, 0.6) is 0 Å². The largest absolute Gasteiger partial charge is 0.309 e. The molecule has 0 unspecified atom stereocenters. The van der Waals surface area contributed by atoms with Crippen LogP contribution in [0.15, 0.2) is 176 Å². The Morgan fingerprint density at radius 3 is 1.73 bits per heavy atom. The lowest BCUT2D eigenvalue weighted by atomic mass is 9.99. The Bertz CT molecular complexity index is 2810. The van der Waals surface area contributed by atoms with Crippen LogP contribution >= 0.6 is 22.7 Å². The van der Waals surface area contributed by atoms with Crippen LogP contribution in [0.2, 0.25) is 0 Å². The Hall–Kier alpha value is -5.74. The van der Waals surface area contributed by atoms with Crippen molar-refractivity contribution in [1.82, 2.24) is 0 Å². The molecule has 0 aliphatic carbocycles. The smallest absolute Gasteiger partial charge is 0.0640 e. The summed E-state index contributed by atoms with van der Waals surface area (Å²) in [5.41, 5.74) is 8.34. The summed E-state index contributed by atoms with van der Waals surface area (Å²) in [4.78, 5) is 2.41. The first-order chi connectivity index (χ1) is 24.3. The summed E-state index contributed by atoms with van der Waals surface area (Å²) in [6, 6.07) is 64.3. The molecule has 3 heteroatoms. The minimum atomic E-state index is 1.13. The first-order valence-electron chi connectivity index (χ1n) is 16.6. The summed E-state index contributed by atoms with van der Waals surface area (Å²) in [7, 11) is 0. The van der Waals surface area contributed by atoms with Crippen LogP contribution in [0.3, 0.4) is 0 Å². The van der Waals surface area contributed by atoms with Crippen LogP contribution in [-0.2, 0) is 0 Å². The maximum atomic E-state index is 2.41. The lowest BCUT2D eigenvalue weighted by Gasteiger charge is -2.26. The first kappa shape index (κ1) is 28.3. The van der Waals surface area contributed by atoms with Gasteiger partial charge in [0, 0.05) is 47.0 Å². The summed E-state index contributed by atoms with van der Waals surface area (Å²) in [5.74, 6) is 0. The summed E-state index contributed by atoms with van der Waals surface area (Å²) < 4.78 is 5.27. The molecule has 0 radical (unpaired) electrons. The molecule has 0 amide bonds. The molecule has 2 heterocycles. The van der Waals surface area contributed by atoms with Gasteiger partial charge < -0.3 is 4.90 Å². The Kier molecular flexibility index (Phi) is 6.61. The molecule has 0 bridgehead atoms. The molecule has 0 saturated heterocycles. The highest BCUT2D eigenvalue weighted by Crippen LogP contribution is 2.46. The lowest BCUT2D eigenvalue weighted by molar-refractivity contribution is 1.30. The van der Waals surface area contributed by atoms with Crippen LogP contribution < -0.4 is 4.90 Å². The SMILES string of the molecule is c1ccc(-c2ccc(N(c3ccc(-c4ccc5sc6ccc7ccccc7c6c5c4)cc3)c3cccc4c3sc3ccccc34)cc2)cc1. The second-order valence-electron chi connectivity index (χ2n) is 12.5. The van der Waals surface area contributed by atoms with Gasteiger partial charge in [0.1, 0.15) is 0 Å². The van der Waals surface area contributed by atoms with Crippen molar-refractivity contribution in [3.05, 3.63) is 176 Å². The topological polar surface area (TPSA) is 3.24 Å². The van der Waals surface area contributed by atoms with Gasteiger partial charge in [-0.15, -0.1) is 22.7 Å². The quantitative estimate of drug-likeness (QED) is 0.178. The first-order valence-corrected chi connectivity index (χ1v) is 18.2. The minimum absolute atomic E-state index is 1.13. The predicted octanol–water partition coefficient (Wildman–Crippen LogP) is 14.4. The highest BCUT2D eigenvalue weighted by Gasteiger charge is 2.18. The van der Waals surface area contributed by atoms with Crippen molar-refractivity contribution in [1.29, 1.82) is 0 Å². The second-order valence-corrected chi connectivity index (χ2v) is 14.7. The molecule has 0 atom stereocenters. The van der Waals surface area contributed by atoms with E-state index in [1.54, 1.807) is 0 Å². The molecule has 0 N–H and O–H groups in total.